The maximum absolute atomic E-state index is 11.6. The van der Waals surface area contributed by atoms with Crippen LogP contribution in [0.3, 0.4) is 0 Å². The fraction of sp³-hybridized carbons (Fsp3) is 0.917. The lowest BCUT2D eigenvalue weighted by atomic mass is 9.74. The number of hydrogen-bond acceptors (Lipinski definition) is 2. The molecule has 4 heteroatoms. The average Bonchev–Trinajstić information content (AvgIpc) is 3.43. The Bertz CT molecular complexity index is 442. The molecule has 1 saturated carbocycles. The van der Waals surface area contributed by atoms with Crippen molar-refractivity contribution in [1.29, 1.82) is 0 Å². The van der Waals surface area contributed by atoms with Crippen molar-refractivity contribution in [3.05, 3.63) is 0 Å². The topological polar surface area (TPSA) is 74.6 Å². The quantitative estimate of drug-likeness (QED) is 0.229. The Morgan fingerprint density at radius 1 is 0.821 bits per heavy atom. The van der Waals surface area contributed by atoms with Crippen LogP contribution in [0.5, 0.6) is 0 Å². The Balaban J connectivity index is 2.29. The molecular weight excluding hydrogens is 352 g/mol. The summed E-state index contributed by atoms with van der Waals surface area (Å²) in [6, 6.07) is 0. The van der Waals surface area contributed by atoms with Gasteiger partial charge in [0.1, 0.15) is 0 Å². The van der Waals surface area contributed by atoms with E-state index in [4.69, 9.17) is 5.11 Å². The highest BCUT2D eigenvalue weighted by atomic mass is 16.4. The van der Waals surface area contributed by atoms with Crippen molar-refractivity contribution in [3.8, 4) is 0 Å². The Hall–Kier alpha value is -1.06. The molecule has 0 aromatic heterocycles. The van der Waals surface area contributed by atoms with E-state index in [1.165, 1.54) is 57.8 Å². The molecule has 164 valence electrons. The number of carbonyl (C=O) groups is 2. The van der Waals surface area contributed by atoms with E-state index in [2.05, 4.69) is 6.92 Å². The molecule has 1 aliphatic rings. The molecule has 0 radical (unpaired) electrons. The highest BCUT2D eigenvalue weighted by Crippen LogP contribution is 2.59. The summed E-state index contributed by atoms with van der Waals surface area (Å²) in [6.45, 7) is 4.13. The van der Waals surface area contributed by atoms with Gasteiger partial charge < -0.3 is 10.2 Å². The summed E-state index contributed by atoms with van der Waals surface area (Å²) >= 11 is 0. The van der Waals surface area contributed by atoms with Crippen molar-refractivity contribution in [2.24, 2.45) is 17.3 Å². The van der Waals surface area contributed by atoms with E-state index in [1.54, 1.807) is 0 Å². The van der Waals surface area contributed by atoms with E-state index in [-0.39, 0.29) is 23.7 Å². The molecule has 0 aromatic rings. The monoisotopic (exact) mass is 396 g/mol. The summed E-state index contributed by atoms with van der Waals surface area (Å²) in [4.78, 5) is 22.3. The first-order valence-electron chi connectivity index (χ1n) is 11.9. The van der Waals surface area contributed by atoms with Gasteiger partial charge in [0.25, 0.3) is 0 Å². The standard InChI is InChI=1S/C24H44O4/c1-3-4-5-6-7-8-9-10-11-12-15-21(20(2)23(27)28)24(18-19-24)17-14-13-16-22(25)26/h20-21H,3-19H2,1-2H3,(H,25,26)(H,27,28). The van der Waals surface area contributed by atoms with E-state index in [1.807, 2.05) is 6.92 Å². The molecule has 0 amide bonds. The number of rotatable bonds is 19. The zero-order valence-corrected chi connectivity index (χ0v) is 18.4. The predicted octanol–water partition coefficient (Wildman–Crippen LogP) is 7.06. The van der Waals surface area contributed by atoms with Crippen molar-refractivity contribution in [2.75, 3.05) is 0 Å². The van der Waals surface area contributed by atoms with Gasteiger partial charge in [-0.3, -0.25) is 9.59 Å². The van der Waals surface area contributed by atoms with Gasteiger partial charge in [0.2, 0.25) is 0 Å². The Morgan fingerprint density at radius 3 is 1.82 bits per heavy atom. The van der Waals surface area contributed by atoms with Crippen LogP contribution in [-0.4, -0.2) is 22.2 Å². The second kappa shape index (κ2) is 14.0. The van der Waals surface area contributed by atoms with Crippen molar-refractivity contribution < 1.29 is 19.8 Å². The maximum Gasteiger partial charge on any atom is 0.306 e. The van der Waals surface area contributed by atoms with Gasteiger partial charge in [0, 0.05) is 6.42 Å². The molecule has 0 saturated heterocycles. The minimum atomic E-state index is -0.731. The number of unbranched alkanes of at least 4 members (excludes halogenated alkanes) is 10. The van der Waals surface area contributed by atoms with Crippen LogP contribution in [0, 0.1) is 17.3 Å². The molecule has 0 spiro atoms. The zero-order valence-electron chi connectivity index (χ0n) is 18.4. The van der Waals surface area contributed by atoms with Crippen molar-refractivity contribution in [2.45, 2.75) is 123 Å². The molecule has 4 nitrogen and oxygen atoms in total. The molecule has 0 heterocycles. The third kappa shape index (κ3) is 9.93. The van der Waals surface area contributed by atoms with Gasteiger partial charge in [-0.25, -0.2) is 0 Å². The summed E-state index contributed by atoms with van der Waals surface area (Å²) in [6.07, 6.45) is 19.2. The first-order chi connectivity index (χ1) is 13.4. The first kappa shape index (κ1) is 25.0. The van der Waals surface area contributed by atoms with Crippen LogP contribution in [0.1, 0.15) is 123 Å². The SMILES string of the molecule is CCCCCCCCCCCCC(C(C)C(=O)O)C1(CCCCC(=O)O)CC1. The van der Waals surface area contributed by atoms with Crippen molar-refractivity contribution >= 4 is 11.9 Å². The number of hydrogen-bond donors (Lipinski definition) is 2. The van der Waals surface area contributed by atoms with Crippen molar-refractivity contribution in [3.63, 3.8) is 0 Å². The Morgan fingerprint density at radius 2 is 1.36 bits per heavy atom. The third-order valence-electron chi connectivity index (χ3n) is 6.86. The molecule has 0 aliphatic heterocycles. The van der Waals surface area contributed by atoms with Gasteiger partial charge in [-0.05, 0) is 43.4 Å². The fourth-order valence-electron chi connectivity index (χ4n) is 4.83. The summed E-state index contributed by atoms with van der Waals surface area (Å²) in [5.74, 6) is -1.44. The maximum atomic E-state index is 11.6. The van der Waals surface area contributed by atoms with Crippen LogP contribution in [0.15, 0.2) is 0 Å². The van der Waals surface area contributed by atoms with Crippen LogP contribution in [-0.2, 0) is 9.59 Å². The van der Waals surface area contributed by atoms with Crippen LogP contribution in [0.25, 0.3) is 0 Å². The van der Waals surface area contributed by atoms with E-state index in [9.17, 15) is 14.7 Å². The van der Waals surface area contributed by atoms with Gasteiger partial charge in [-0.15, -0.1) is 0 Å². The fourth-order valence-corrected chi connectivity index (χ4v) is 4.83. The van der Waals surface area contributed by atoms with Gasteiger partial charge in [0.05, 0.1) is 5.92 Å². The molecule has 28 heavy (non-hydrogen) atoms. The van der Waals surface area contributed by atoms with Crippen molar-refractivity contribution in [1.82, 2.24) is 0 Å². The molecule has 0 bridgehead atoms. The number of carboxylic acids is 2. The van der Waals surface area contributed by atoms with E-state index in [0.717, 1.165) is 38.5 Å². The average molecular weight is 397 g/mol. The normalized spacial score (nSPS) is 17.2. The van der Waals surface area contributed by atoms with Crippen LogP contribution >= 0.6 is 0 Å². The lowest BCUT2D eigenvalue weighted by molar-refractivity contribution is -0.144. The molecule has 2 N–H and O–H groups in total. The van der Waals surface area contributed by atoms with Gasteiger partial charge in [-0.2, -0.15) is 0 Å². The van der Waals surface area contributed by atoms with E-state index >= 15 is 0 Å². The molecule has 1 rings (SSSR count). The highest BCUT2D eigenvalue weighted by molar-refractivity contribution is 5.70. The lowest BCUT2D eigenvalue weighted by Crippen LogP contribution is -2.29. The Kier molecular flexibility index (Phi) is 12.5. The predicted molar refractivity (Wildman–Crippen MR) is 115 cm³/mol. The van der Waals surface area contributed by atoms with Crippen LogP contribution in [0.2, 0.25) is 0 Å². The second-order valence-electron chi connectivity index (χ2n) is 9.17. The van der Waals surface area contributed by atoms with E-state index < -0.39 is 11.9 Å². The van der Waals surface area contributed by atoms with Gasteiger partial charge in [-0.1, -0.05) is 84.5 Å². The molecule has 1 fully saturated rings. The minimum absolute atomic E-state index is 0.176. The number of aliphatic carboxylic acids is 2. The summed E-state index contributed by atoms with van der Waals surface area (Å²) in [5.41, 5.74) is 0.176. The molecule has 1 aliphatic carbocycles. The third-order valence-corrected chi connectivity index (χ3v) is 6.86. The Labute approximate surface area is 172 Å². The van der Waals surface area contributed by atoms with Gasteiger partial charge in [0.15, 0.2) is 0 Å². The van der Waals surface area contributed by atoms with E-state index in [0.29, 0.717) is 6.42 Å². The summed E-state index contributed by atoms with van der Waals surface area (Å²) in [7, 11) is 0. The summed E-state index contributed by atoms with van der Waals surface area (Å²) < 4.78 is 0. The molecule has 0 aromatic carbocycles. The highest BCUT2D eigenvalue weighted by Gasteiger charge is 2.51. The van der Waals surface area contributed by atoms with Gasteiger partial charge >= 0.3 is 11.9 Å². The van der Waals surface area contributed by atoms with Crippen LogP contribution in [0.4, 0.5) is 0 Å². The summed E-state index contributed by atoms with van der Waals surface area (Å²) in [5, 5.41) is 18.4. The smallest absolute Gasteiger partial charge is 0.306 e. The molecule has 2 atom stereocenters. The molecule has 2 unspecified atom stereocenters. The second-order valence-corrected chi connectivity index (χ2v) is 9.17. The first-order valence-corrected chi connectivity index (χ1v) is 11.9. The number of carboxylic acid groups (broad SMARTS) is 2. The van der Waals surface area contributed by atoms with Crippen LogP contribution < -0.4 is 0 Å². The molecular formula is C24H44O4. The lowest BCUT2D eigenvalue weighted by Gasteiger charge is -2.30. The largest absolute Gasteiger partial charge is 0.481 e. The minimum Gasteiger partial charge on any atom is -0.481 e. The zero-order chi connectivity index (χ0) is 20.8.